The van der Waals surface area contributed by atoms with Crippen LogP contribution in [0.5, 0.6) is 0 Å². The van der Waals surface area contributed by atoms with Gasteiger partial charge in [-0.05, 0) is 97.5 Å². The number of ketones is 2. The number of hydrogen-bond donors (Lipinski definition) is 0. The molecule has 0 saturated heterocycles. The highest BCUT2D eigenvalue weighted by Gasteiger charge is 2.33. The number of hydrogen-bond acceptors (Lipinski definition) is 4. The fourth-order valence-corrected chi connectivity index (χ4v) is 8.65. The summed E-state index contributed by atoms with van der Waals surface area (Å²) in [5.41, 5.74) is 11.8. The first kappa shape index (κ1) is 37.3. The van der Waals surface area contributed by atoms with E-state index >= 15 is 0 Å². The number of carbonyl (C=O) groups excluding carboxylic acids is 2. The molecule has 0 amide bonds. The first-order valence-electron chi connectivity index (χ1n) is 20.3. The maximum Gasteiger partial charge on any atom is 0.197 e. The maximum atomic E-state index is 13.2. The molecule has 6 aromatic carbocycles. The maximum absolute atomic E-state index is 13.2. The molecule has 2 heterocycles. The molecule has 1 aliphatic rings. The molecule has 0 N–H and O–H groups in total. The fraction of sp³-hybridized carbons (Fsp3) is 0.222. The average Bonchev–Trinajstić information content (AvgIpc) is 3.85. The SMILES string of the molecule is CC(c1ccc2c(c1)oc1cc(-c3ccc(C=C4C(=O)c5ccccc5C4=O)c4ccccc34)oc12)C(Cc1ccc(C(C)(C)C)cc1)c1ccc(C(C)(C)C)cc1. The summed E-state index contributed by atoms with van der Waals surface area (Å²) < 4.78 is 13.2. The monoisotopic (exact) mass is 760 g/mol. The Morgan fingerprint density at radius 1 is 0.552 bits per heavy atom. The lowest BCUT2D eigenvalue weighted by molar-refractivity contribution is 0.0990. The Morgan fingerprint density at radius 3 is 1.78 bits per heavy atom. The van der Waals surface area contributed by atoms with Gasteiger partial charge < -0.3 is 8.83 Å². The van der Waals surface area contributed by atoms with Gasteiger partial charge in [0, 0.05) is 22.8 Å². The Kier molecular flexibility index (Phi) is 9.00. The predicted octanol–water partition coefficient (Wildman–Crippen LogP) is 14.2. The van der Waals surface area contributed by atoms with E-state index in [-0.39, 0.29) is 39.8 Å². The van der Waals surface area contributed by atoms with Gasteiger partial charge in [0.25, 0.3) is 0 Å². The van der Waals surface area contributed by atoms with Crippen LogP contribution in [0.4, 0.5) is 0 Å². The number of allylic oxidation sites excluding steroid dienone is 1. The van der Waals surface area contributed by atoms with Crippen LogP contribution in [0.3, 0.4) is 0 Å². The Hall–Kier alpha value is -6.26. The number of rotatable bonds is 7. The van der Waals surface area contributed by atoms with Crippen LogP contribution in [-0.4, -0.2) is 11.6 Å². The van der Waals surface area contributed by atoms with Crippen molar-refractivity contribution in [2.24, 2.45) is 0 Å². The van der Waals surface area contributed by atoms with Crippen molar-refractivity contribution in [3.8, 4) is 11.3 Å². The smallest absolute Gasteiger partial charge is 0.197 e. The van der Waals surface area contributed by atoms with Crippen LogP contribution in [0.25, 0.3) is 50.3 Å². The van der Waals surface area contributed by atoms with Crippen molar-refractivity contribution in [3.05, 3.63) is 184 Å². The number of Topliss-reactive ketones (excluding diaryl/α,β-unsaturated/α-hetero) is 2. The van der Waals surface area contributed by atoms with Crippen LogP contribution in [0.2, 0.25) is 0 Å². The van der Waals surface area contributed by atoms with E-state index in [0.717, 1.165) is 39.3 Å². The minimum atomic E-state index is -0.235. The van der Waals surface area contributed by atoms with Crippen molar-refractivity contribution < 1.29 is 18.4 Å². The van der Waals surface area contributed by atoms with E-state index in [1.54, 1.807) is 30.3 Å². The Balaban J connectivity index is 1.04. The third-order valence-electron chi connectivity index (χ3n) is 12.2. The first-order valence-corrected chi connectivity index (χ1v) is 20.3. The second-order valence-electron chi connectivity index (χ2n) is 18.1. The van der Waals surface area contributed by atoms with Crippen molar-refractivity contribution in [2.75, 3.05) is 0 Å². The summed E-state index contributed by atoms with van der Waals surface area (Å²) in [5, 5.41) is 2.82. The van der Waals surface area contributed by atoms with Gasteiger partial charge in [-0.3, -0.25) is 9.59 Å². The summed E-state index contributed by atoms with van der Waals surface area (Å²) in [4.78, 5) is 26.4. The largest absolute Gasteiger partial charge is 0.452 e. The molecule has 0 saturated carbocycles. The van der Waals surface area contributed by atoms with Crippen molar-refractivity contribution >= 4 is 50.6 Å². The zero-order valence-electron chi connectivity index (χ0n) is 34.3. The van der Waals surface area contributed by atoms with Gasteiger partial charge in [0.2, 0.25) is 0 Å². The van der Waals surface area contributed by atoms with Crippen LogP contribution < -0.4 is 0 Å². The van der Waals surface area contributed by atoms with Gasteiger partial charge in [0.05, 0.1) is 11.0 Å². The molecule has 0 fully saturated rings. The molecule has 8 aromatic rings. The number of carbonyl (C=O) groups is 2. The van der Waals surface area contributed by atoms with E-state index in [1.807, 2.05) is 42.5 Å². The Labute approximate surface area is 340 Å². The molecule has 4 heteroatoms. The molecule has 4 nitrogen and oxygen atoms in total. The third-order valence-corrected chi connectivity index (χ3v) is 12.2. The topological polar surface area (TPSA) is 60.4 Å². The Bertz CT molecular complexity index is 2880. The van der Waals surface area contributed by atoms with Crippen LogP contribution in [0.15, 0.2) is 148 Å². The van der Waals surface area contributed by atoms with Crippen molar-refractivity contribution in [3.63, 3.8) is 0 Å². The van der Waals surface area contributed by atoms with Crippen LogP contribution in [0, 0.1) is 0 Å². The lowest BCUT2D eigenvalue weighted by Crippen LogP contribution is -2.14. The molecule has 58 heavy (non-hydrogen) atoms. The van der Waals surface area contributed by atoms with E-state index in [4.69, 9.17) is 8.83 Å². The van der Waals surface area contributed by atoms with E-state index in [9.17, 15) is 9.59 Å². The zero-order valence-corrected chi connectivity index (χ0v) is 34.3. The average molecular weight is 761 g/mol. The van der Waals surface area contributed by atoms with E-state index in [0.29, 0.717) is 28.1 Å². The van der Waals surface area contributed by atoms with Gasteiger partial charge in [-0.15, -0.1) is 0 Å². The molecule has 0 spiro atoms. The predicted molar refractivity (Wildman–Crippen MR) is 237 cm³/mol. The molecule has 1 aliphatic carbocycles. The van der Waals surface area contributed by atoms with E-state index in [1.165, 1.54) is 27.8 Å². The van der Waals surface area contributed by atoms with Gasteiger partial charge in [-0.2, -0.15) is 0 Å². The van der Waals surface area contributed by atoms with E-state index < -0.39 is 0 Å². The van der Waals surface area contributed by atoms with Gasteiger partial charge in [-0.1, -0.05) is 158 Å². The first-order chi connectivity index (χ1) is 27.7. The molecule has 0 aliphatic heterocycles. The summed E-state index contributed by atoms with van der Waals surface area (Å²) >= 11 is 0. The number of benzene rings is 6. The molecule has 2 atom stereocenters. The highest BCUT2D eigenvalue weighted by molar-refractivity contribution is 6.41. The highest BCUT2D eigenvalue weighted by atomic mass is 16.4. The lowest BCUT2D eigenvalue weighted by atomic mass is 9.77. The normalized spacial score (nSPS) is 14.4. The molecule has 288 valence electrons. The molecular formula is C54H48O4. The van der Waals surface area contributed by atoms with Gasteiger partial charge >= 0.3 is 0 Å². The molecule has 2 aromatic heterocycles. The molecule has 9 rings (SSSR count). The van der Waals surface area contributed by atoms with Crippen LogP contribution >= 0.6 is 0 Å². The van der Waals surface area contributed by atoms with Gasteiger partial charge in [0.1, 0.15) is 11.3 Å². The van der Waals surface area contributed by atoms with Gasteiger partial charge in [-0.25, -0.2) is 0 Å². The summed E-state index contributed by atoms with van der Waals surface area (Å²) in [6, 6.07) is 45.9. The van der Waals surface area contributed by atoms with Gasteiger partial charge in [0.15, 0.2) is 22.7 Å². The summed E-state index contributed by atoms with van der Waals surface area (Å²) in [5.74, 6) is 0.688. The lowest BCUT2D eigenvalue weighted by Gasteiger charge is -2.27. The minimum absolute atomic E-state index is 0.0873. The van der Waals surface area contributed by atoms with Crippen molar-refractivity contribution in [1.29, 1.82) is 0 Å². The molecular weight excluding hydrogens is 713 g/mol. The standard InChI is InChI=1S/C54H48O4/c1-32(45(34-18-24-38(25-19-34)54(5,6)7)28-33-16-22-37(23-17-33)53(2,3)4)35-20-27-44-47(30-35)57-49-31-48(58-52(44)49)41-26-21-36(39-12-8-9-13-40(39)41)29-46-50(55)42-14-10-11-15-43(42)51(46)56/h8-27,29-32,45H,28H2,1-7H3. The fourth-order valence-electron chi connectivity index (χ4n) is 8.65. The van der Waals surface area contributed by atoms with Crippen molar-refractivity contribution in [1.82, 2.24) is 0 Å². The Morgan fingerprint density at radius 2 is 1.14 bits per heavy atom. The summed E-state index contributed by atoms with van der Waals surface area (Å²) in [6.45, 7) is 15.9. The van der Waals surface area contributed by atoms with E-state index in [2.05, 4.69) is 115 Å². The second-order valence-corrected chi connectivity index (χ2v) is 18.1. The molecule has 0 radical (unpaired) electrons. The third kappa shape index (κ3) is 6.61. The number of furan rings is 2. The summed E-state index contributed by atoms with van der Waals surface area (Å²) in [6.07, 6.45) is 2.65. The molecule has 0 bridgehead atoms. The van der Waals surface area contributed by atoms with Crippen molar-refractivity contribution in [2.45, 2.75) is 77.6 Å². The van der Waals surface area contributed by atoms with Crippen LogP contribution in [0.1, 0.15) is 114 Å². The highest BCUT2D eigenvalue weighted by Crippen LogP contribution is 2.42. The summed E-state index contributed by atoms with van der Waals surface area (Å²) in [7, 11) is 0. The zero-order chi connectivity index (χ0) is 40.5. The quantitative estimate of drug-likeness (QED) is 0.120. The minimum Gasteiger partial charge on any atom is -0.452 e. The number of fused-ring (bicyclic) bond motifs is 5. The molecule has 2 unspecified atom stereocenters. The second kappa shape index (κ2) is 14.0. The van der Waals surface area contributed by atoms with Crippen LogP contribution in [-0.2, 0) is 17.3 Å².